The van der Waals surface area contributed by atoms with Crippen LogP contribution in [-0.4, -0.2) is 47.0 Å². The average molecular weight is 336 g/mol. The Morgan fingerprint density at radius 3 is 2.78 bits per heavy atom. The highest BCUT2D eigenvalue weighted by Gasteiger charge is 2.24. The van der Waals surface area contributed by atoms with Gasteiger partial charge in [-0.2, -0.15) is 5.10 Å². The number of rotatable bonds is 5. The Morgan fingerprint density at radius 2 is 2.04 bits per heavy atom. The predicted molar refractivity (Wildman–Crippen MR) is 86.3 cm³/mol. The summed E-state index contributed by atoms with van der Waals surface area (Å²) in [7, 11) is -3.21. The van der Waals surface area contributed by atoms with Gasteiger partial charge in [0.25, 0.3) is 0 Å². The van der Waals surface area contributed by atoms with E-state index >= 15 is 0 Å². The topological polar surface area (TPSA) is 93.0 Å². The van der Waals surface area contributed by atoms with Gasteiger partial charge in [0, 0.05) is 44.1 Å². The summed E-state index contributed by atoms with van der Waals surface area (Å²) in [5, 5.41) is 4.33. The highest BCUT2D eigenvalue weighted by atomic mass is 32.2. The van der Waals surface area contributed by atoms with E-state index in [1.165, 1.54) is 0 Å². The van der Waals surface area contributed by atoms with Crippen LogP contribution in [0.1, 0.15) is 12.6 Å². The summed E-state index contributed by atoms with van der Waals surface area (Å²) < 4.78 is 28.0. The Kier molecular flexibility index (Phi) is 4.58. The van der Waals surface area contributed by atoms with Gasteiger partial charge in [-0.1, -0.05) is 0 Å². The van der Waals surface area contributed by atoms with Crippen LogP contribution >= 0.6 is 0 Å². The molecule has 0 saturated carbocycles. The van der Waals surface area contributed by atoms with Crippen molar-refractivity contribution in [2.24, 2.45) is 5.92 Å². The van der Waals surface area contributed by atoms with Crippen molar-refractivity contribution in [3.63, 3.8) is 0 Å². The number of sulfonamides is 1. The third-order valence-electron chi connectivity index (χ3n) is 3.87. The Hall–Kier alpha value is -2.00. The molecule has 1 atom stereocenters. The number of aromatic nitrogens is 4. The minimum absolute atomic E-state index is 0.0816. The zero-order valence-electron chi connectivity index (χ0n) is 13.0. The first-order chi connectivity index (χ1) is 11.1. The van der Waals surface area contributed by atoms with Crippen LogP contribution in [-0.2, 0) is 23.1 Å². The first kappa shape index (κ1) is 15.9. The van der Waals surface area contributed by atoms with Gasteiger partial charge < -0.3 is 4.90 Å². The monoisotopic (exact) mass is 336 g/mol. The van der Waals surface area contributed by atoms with E-state index in [2.05, 4.69) is 24.7 Å². The number of fused-ring (bicyclic) bond motifs is 1. The number of nitrogens with one attached hydrogen (secondary N) is 1. The second-order valence-electron chi connectivity index (χ2n) is 5.55. The molecule has 3 rings (SSSR count). The number of nitrogens with zero attached hydrogens (tertiary/aromatic N) is 5. The summed E-state index contributed by atoms with van der Waals surface area (Å²) in [6.45, 7) is 3.99. The average Bonchev–Trinajstić information content (AvgIpc) is 2.92. The van der Waals surface area contributed by atoms with E-state index in [4.69, 9.17) is 0 Å². The van der Waals surface area contributed by atoms with Crippen LogP contribution in [0.2, 0.25) is 0 Å². The highest BCUT2D eigenvalue weighted by molar-refractivity contribution is 7.89. The Bertz CT molecular complexity index is 746. The Morgan fingerprint density at radius 1 is 1.26 bits per heavy atom. The van der Waals surface area contributed by atoms with E-state index in [1.54, 1.807) is 31.6 Å². The lowest BCUT2D eigenvalue weighted by atomic mass is 10.1. The standard InChI is InChI=1S/C14H20N6O2S/c1-2-23(21,22)18-8-12-9-19(14-15-5-3-6-16-14)11-13-4-7-17-20(13)10-12/h3-7,12,18H,2,8-11H2,1H3. The smallest absolute Gasteiger partial charge is 0.225 e. The van der Waals surface area contributed by atoms with Crippen molar-refractivity contribution >= 4 is 16.0 Å². The van der Waals surface area contributed by atoms with Crippen molar-refractivity contribution < 1.29 is 8.42 Å². The maximum absolute atomic E-state index is 11.7. The maximum atomic E-state index is 11.7. The quantitative estimate of drug-likeness (QED) is 0.841. The van der Waals surface area contributed by atoms with Crippen molar-refractivity contribution in [1.29, 1.82) is 0 Å². The van der Waals surface area contributed by atoms with Gasteiger partial charge in [0.05, 0.1) is 18.0 Å². The molecular weight excluding hydrogens is 316 g/mol. The predicted octanol–water partition coefficient (Wildman–Crippen LogP) is 0.249. The van der Waals surface area contributed by atoms with Crippen LogP contribution in [0.5, 0.6) is 0 Å². The molecule has 3 heterocycles. The fourth-order valence-corrected chi connectivity index (χ4v) is 3.31. The van der Waals surface area contributed by atoms with Gasteiger partial charge in [0.15, 0.2) is 0 Å². The molecule has 0 radical (unpaired) electrons. The molecule has 1 unspecified atom stereocenters. The maximum Gasteiger partial charge on any atom is 0.225 e. The van der Waals surface area contributed by atoms with Crippen molar-refractivity contribution in [3.8, 4) is 0 Å². The van der Waals surface area contributed by atoms with Gasteiger partial charge >= 0.3 is 0 Å². The van der Waals surface area contributed by atoms with Gasteiger partial charge in [-0.25, -0.2) is 23.1 Å². The summed E-state index contributed by atoms with van der Waals surface area (Å²) >= 11 is 0. The molecule has 9 heteroatoms. The molecule has 2 aromatic rings. The van der Waals surface area contributed by atoms with E-state index < -0.39 is 10.0 Å². The summed E-state index contributed by atoms with van der Waals surface area (Å²) in [6.07, 6.45) is 5.18. The lowest BCUT2D eigenvalue weighted by molar-refractivity contribution is 0.426. The second kappa shape index (κ2) is 6.63. The number of anilines is 1. The molecule has 124 valence electrons. The summed E-state index contributed by atoms with van der Waals surface area (Å²) in [5.74, 6) is 0.810. The molecule has 1 aliphatic heterocycles. The van der Waals surface area contributed by atoms with Gasteiger partial charge in [0.2, 0.25) is 16.0 Å². The summed E-state index contributed by atoms with van der Waals surface area (Å²) in [6, 6.07) is 3.74. The largest absolute Gasteiger partial charge is 0.335 e. The molecule has 1 aliphatic rings. The second-order valence-corrected chi connectivity index (χ2v) is 7.65. The minimum atomic E-state index is -3.21. The fourth-order valence-electron chi connectivity index (χ4n) is 2.62. The molecule has 0 aromatic carbocycles. The van der Waals surface area contributed by atoms with Crippen molar-refractivity contribution in [2.75, 3.05) is 23.7 Å². The lowest BCUT2D eigenvalue weighted by Crippen LogP contribution is -2.37. The van der Waals surface area contributed by atoms with Crippen LogP contribution in [0.25, 0.3) is 0 Å². The van der Waals surface area contributed by atoms with Gasteiger partial charge in [-0.15, -0.1) is 0 Å². The van der Waals surface area contributed by atoms with Gasteiger partial charge in [-0.3, -0.25) is 4.68 Å². The zero-order valence-corrected chi connectivity index (χ0v) is 13.8. The first-order valence-corrected chi connectivity index (χ1v) is 9.22. The van der Waals surface area contributed by atoms with E-state index in [9.17, 15) is 8.42 Å². The van der Waals surface area contributed by atoms with Crippen LogP contribution in [0.15, 0.2) is 30.7 Å². The molecule has 0 saturated heterocycles. The van der Waals surface area contributed by atoms with E-state index in [-0.39, 0.29) is 11.7 Å². The zero-order chi connectivity index (χ0) is 16.3. The third kappa shape index (κ3) is 3.85. The minimum Gasteiger partial charge on any atom is -0.335 e. The van der Waals surface area contributed by atoms with Crippen LogP contribution in [0.3, 0.4) is 0 Å². The first-order valence-electron chi connectivity index (χ1n) is 7.57. The molecule has 2 aromatic heterocycles. The van der Waals surface area contributed by atoms with E-state index in [0.717, 1.165) is 5.69 Å². The summed E-state index contributed by atoms with van der Waals surface area (Å²) in [4.78, 5) is 10.7. The molecule has 23 heavy (non-hydrogen) atoms. The molecule has 8 nitrogen and oxygen atoms in total. The number of hydrogen-bond acceptors (Lipinski definition) is 6. The van der Waals surface area contributed by atoms with Crippen molar-refractivity contribution in [3.05, 3.63) is 36.4 Å². The normalized spacial score (nSPS) is 18.5. The third-order valence-corrected chi connectivity index (χ3v) is 5.24. The van der Waals surface area contributed by atoms with Gasteiger partial charge in [0.1, 0.15) is 0 Å². The molecule has 0 spiro atoms. The van der Waals surface area contributed by atoms with Crippen molar-refractivity contribution in [2.45, 2.75) is 20.0 Å². The Labute approximate surface area is 135 Å². The Balaban J connectivity index is 1.80. The van der Waals surface area contributed by atoms with E-state index in [0.29, 0.717) is 32.1 Å². The molecule has 1 N–H and O–H groups in total. The molecule has 0 bridgehead atoms. The van der Waals surface area contributed by atoms with Crippen LogP contribution < -0.4 is 9.62 Å². The lowest BCUT2D eigenvalue weighted by Gasteiger charge is -2.24. The fraction of sp³-hybridized carbons (Fsp3) is 0.500. The highest BCUT2D eigenvalue weighted by Crippen LogP contribution is 2.19. The SMILES string of the molecule is CCS(=O)(=O)NCC1CN(c2ncccn2)Cc2ccnn2C1. The molecular formula is C14H20N6O2S. The van der Waals surface area contributed by atoms with Crippen LogP contribution in [0, 0.1) is 5.92 Å². The molecule has 0 fully saturated rings. The van der Waals surface area contributed by atoms with Crippen LogP contribution in [0.4, 0.5) is 5.95 Å². The number of hydrogen-bond donors (Lipinski definition) is 1. The summed E-state index contributed by atoms with van der Waals surface area (Å²) in [5.41, 5.74) is 1.07. The molecule has 0 aliphatic carbocycles. The van der Waals surface area contributed by atoms with E-state index in [1.807, 2.05) is 10.7 Å². The molecule has 0 amide bonds. The van der Waals surface area contributed by atoms with Crippen molar-refractivity contribution in [1.82, 2.24) is 24.5 Å². The van der Waals surface area contributed by atoms with Gasteiger partial charge in [-0.05, 0) is 19.1 Å².